The lowest BCUT2D eigenvalue weighted by Gasteiger charge is -2.33. The molecule has 1 aromatic carbocycles. The lowest BCUT2D eigenvalue weighted by Crippen LogP contribution is -2.41. The quantitative estimate of drug-likeness (QED) is 0.909. The van der Waals surface area contributed by atoms with Crippen molar-refractivity contribution in [2.24, 2.45) is 11.7 Å². The molecule has 2 heterocycles. The van der Waals surface area contributed by atoms with Crippen LogP contribution in [0.1, 0.15) is 25.7 Å². The van der Waals surface area contributed by atoms with E-state index < -0.39 is 0 Å². The first kappa shape index (κ1) is 18.2. The van der Waals surface area contributed by atoms with Crippen LogP contribution in [0.5, 0.6) is 0 Å². The molecule has 0 spiro atoms. The van der Waals surface area contributed by atoms with Gasteiger partial charge < -0.3 is 10.3 Å². The van der Waals surface area contributed by atoms with Gasteiger partial charge in [0.1, 0.15) is 0 Å². The van der Waals surface area contributed by atoms with E-state index in [1.807, 2.05) is 24.3 Å². The highest BCUT2D eigenvalue weighted by atomic mass is 35.5. The van der Waals surface area contributed by atoms with Gasteiger partial charge in [-0.25, -0.2) is 0 Å². The highest BCUT2D eigenvalue weighted by Gasteiger charge is 2.24. The lowest BCUT2D eigenvalue weighted by atomic mass is 9.92. The van der Waals surface area contributed by atoms with E-state index in [1.165, 1.54) is 12.8 Å². The van der Waals surface area contributed by atoms with E-state index in [0.29, 0.717) is 29.2 Å². The Morgan fingerprint density at radius 2 is 2.13 bits per heavy atom. The summed E-state index contributed by atoms with van der Waals surface area (Å²) < 4.78 is 5.38. The van der Waals surface area contributed by atoms with Crippen molar-refractivity contribution in [2.45, 2.75) is 32.4 Å². The third-order valence-electron chi connectivity index (χ3n) is 4.21. The number of nitrogens with zero attached hydrogens (tertiary/aromatic N) is 3. The standard InChI is InChI=1S/C16H21ClN4O.ClH/c1-11(18)13-3-2-8-21(9-13)10-15-19-16(20-22-15)12-4-6-14(17)7-5-12;/h4-7,11,13H,2-3,8-10,18H2,1H3;1H. The molecule has 0 aliphatic carbocycles. The van der Waals surface area contributed by atoms with Crippen LogP contribution in [0.25, 0.3) is 11.4 Å². The van der Waals surface area contributed by atoms with E-state index in [9.17, 15) is 0 Å². The van der Waals surface area contributed by atoms with Gasteiger partial charge in [-0.3, -0.25) is 4.90 Å². The Kier molecular flexibility index (Phi) is 6.41. The third-order valence-corrected chi connectivity index (χ3v) is 4.47. The second kappa shape index (κ2) is 8.11. The number of aromatic nitrogens is 2. The molecule has 7 heteroatoms. The molecule has 3 rings (SSSR count). The number of hydrogen-bond donors (Lipinski definition) is 1. The van der Waals surface area contributed by atoms with Gasteiger partial charge in [-0.2, -0.15) is 4.98 Å². The van der Waals surface area contributed by atoms with Crippen LogP contribution in [0, 0.1) is 5.92 Å². The van der Waals surface area contributed by atoms with E-state index in [1.54, 1.807) is 0 Å². The molecule has 1 aliphatic rings. The van der Waals surface area contributed by atoms with Crippen molar-refractivity contribution in [3.63, 3.8) is 0 Å². The third kappa shape index (κ3) is 4.67. The summed E-state index contributed by atoms with van der Waals surface area (Å²) in [6.07, 6.45) is 2.37. The molecule has 0 saturated carbocycles. The number of halogens is 2. The van der Waals surface area contributed by atoms with Gasteiger partial charge in [0.25, 0.3) is 0 Å². The topological polar surface area (TPSA) is 68.2 Å². The minimum atomic E-state index is 0. The Labute approximate surface area is 147 Å². The van der Waals surface area contributed by atoms with E-state index in [0.717, 1.165) is 18.7 Å². The van der Waals surface area contributed by atoms with Gasteiger partial charge in [0, 0.05) is 23.2 Å². The second-order valence-electron chi connectivity index (χ2n) is 6.02. The van der Waals surface area contributed by atoms with Crippen LogP contribution in [0.4, 0.5) is 0 Å². The normalized spacial score (nSPS) is 20.0. The van der Waals surface area contributed by atoms with Gasteiger partial charge in [-0.15, -0.1) is 12.4 Å². The summed E-state index contributed by atoms with van der Waals surface area (Å²) in [6.45, 7) is 4.82. The predicted molar refractivity (Wildman–Crippen MR) is 93.6 cm³/mol. The Morgan fingerprint density at radius 1 is 1.39 bits per heavy atom. The summed E-state index contributed by atoms with van der Waals surface area (Å²) in [5.41, 5.74) is 6.93. The summed E-state index contributed by atoms with van der Waals surface area (Å²) in [5.74, 6) is 1.80. The maximum absolute atomic E-state index is 6.03. The van der Waals surface area contributed by atoms with Crippen LogP contribution in [-0.4, -0.2) is 34.2 Å². The molecule has 1 fully saturated rings. The van der Waals surface area contributed by atoms with Gasteiger partial charge in [-0.05, 0) is 56.5 Å². The smallest absolute Gasteiger partial charge is 0.241 e. The average Bonchev–Trinajstić information content (AvgIpc) is 2.96. The zero-order valence-corrected chi connectivity index (χ0v) is 14.7. The molecule has 2 aromatic rings. The average molecular weight is 357 g/mol. The van der Waals surface area contributed by atoms with Crippen LogP contribution in [-0.2, 0) is 6.54 Å². The molecule has 0 radical (unpaired) electrons. The zero-order chi connectivity index (χ0) is 15.5. The molecule has 1 aliphatic heterocycles. The number of rotatable bonds is 4. The Hall–Kier alpha value is -1.14. The van der Waals surface area contributed by atoms with Crippen molar-refractivity contribution in [3.8, 4) is 11.4 Å². The van der Waals surface area contributed by atoms with Crippen LogP contribution < -0.4 is 5.73 Å². The highest BCUT2D eigenvalue weighted by molar-refractivity contribution is 6.30. The number of likely N-dealkylation sites (tertiary alicyclic amines) is 1. The maximum atomic E-state index is 6.03. The minimum absolute atomic E-state index is 0. The summed E-state index contributed by atoms with van der Waals surface area (Å²) in [6, 6.07) is 7.67. The fourth-order valence-corrected chi connectivity index (χ4v) is 3.02. The molecule has 23 heavy (non-hydrogen) atoms. The van der Waals surface area contributed by atoms with Gasteiger partial charge in [0.2, 0.25) is 11.7 Å². The monoisotopic (exact) mass is 356 g/mol. The highest BCUT2D eigenvalue weighted by Crippen LogP contribution is 2.22. The summed E-state index contributed by atoms with van der Waals surface area (Å²) in [5, 5.41) is 4.75. The van der Waals surface area contributed by atoms with E-state index in [4.69, 9.17) is 21.9 Å². The molecule has 2 atom stereocenters. The first-order valence-corrected chi connectivity index (χ1v) is 8.06. The van der Waals surface area contributed by atoms with Crippen molar-refractivity contribution in [2.75, 3.05) is 13.1 Å². The van der Waals surface area contributed by atoms with Gasteiger partial charge in [-0.1, -0.05) is 16.8 Å². The van der Waals surface area contributed by atoms with Crippen molar-refractivity contribution in [3.05, 3.63) is 35.2 Å². The van der Waals surface area contributed by atoms with Crippen molar-refractivity contribution < 1.29 is 4.52 Å². The lowest BCUT2D eigenvalue weighted by molar-refractivity contribution is 0.139. The molecule has 2 N–H and O–H groups in total. The van der Waals surface area contributed by atoms with Gasteiger partial charge in [0.05, 0.1) is 6.54 Å². The molecule has 1 saturated heterocycles. The Morgan fingerprint density at radius 3 is 2.83 bits per heavy atom. The summed E-state index contributed by atoms with van der Waals surface area (Å²) in [4.78, 5) is 6.82. The molecule has 0 amide bonds. The molecule has 126 valence electrons. The SMILES string of the molecule is CC(N)C1CCCN(Cc2nc(-c3ccc(Cl)cc3)no2)C1.Cl. The number of piperidine rings is 1. The molecule has 2 unspecified atom stereocenters. The fourth-order valence-electron chi connectivity index (χ4n) is 2.89. The van der Waals surface area contributed by atoms with Crippen LogP contribution in [0.3, 0.4) is 0 Å². The number of hydrogen-bond acceptors (Lipinski definition) is 5. The largest absolute Gasteiger partial charge is 0.338 e. The number of nitrogens with two attached hydrogens (primary N) is 1. The van der Waals surface area contributed by atoms with Crippen LogP contribution in [0.2, 0.25) is 5.02 Å². The molecular weight excluding hydrogens is 335 g/mol. The zero-order valence-electron chi connectivity index (χ0n) is 13.1. The molecular formula is C16H22Cl2N4O. The van der Waals surface area contributed by atoms with Crippen molar-refractivity contribution in [1.29, 1.82) is 0 Å². The van der Waals surface area contributed by atoms with Crippen molar-refractivity contribution >= 4 is 24.0 Å². The molecule has 0 bridgehead atoms. The first-order chi connectivity index (χ1) is 10.6. The fraction of sp³-hybridized carbons (Fsp3) is 0.500. The predicted octanol–water partition coefficient (Wildman–Crippen LogP) is 3.37. The van der Waals surface area contributed by atoms with Crippen molar-refractivity contribution in [1.82, 2.24) is 15.0 Å². The van der Waals surface area contributed by atoms with Gasteiger partial charge in [0.15, 0.2) is 0 Å². The summed E-state index contributed by atoms with van der Waals surface area (Å²) in [7, 11) is 0. The van der Waals surface area contributed by atoms with Gasteiger partial charge >= 0.3 is 0 Å². The maximum Gasteiger partial charge on any atom is 0.241 e. The molecule has 1 aromatic heterocycles. The molecule has 5 nitrogen and oxygen atoms in total. The second-order valence-corrected chi connectivity index (χ2v) is 6.45. The van der Waals surface area contributed by atoms with E-state index >= 15 is 0 Å². The first-order valence-electron chi connectivity index (χ1n) is 7.68. The Bertz CT molecular complexity index is 615. The summed E-state index contributed by atoms with van der Waals surface area (Å²) >= 11 is 5.89. The number of benzene rings is 1. The van der Waals surface area contributed by atoms with Crippen LogP contribution >= 0.6 is 24.0 Å². The Balaban J connectivity index is 0.00000192. The van der Waals surface area contributed by atoms with E-state index in [2.05, 4.69) is 22.0 Å². The van der Waals surface area contributed by atoms with Crippen LogP contribution in [0.15, 0.2) is 28.8 Å². The minimum Gasteiger partial charge on any atom is -0.338 e. The van der Waals surface area contributed by atoms with E-state index in [-0.39, 0.29) is 18.4 Å².